The molecule has 1 heterocycles. The van der Waals surface area contributed by atoms with E-state index in [1.54, 1.807) is 0 Å². The molecule has 0 aliphatic carbocycles. The van der Waals surface area contributed by atoms with Crippen LogP contribution in [0, 0.1) is 27.7 Å². The van der Waals surface area contributed by atoms with E-state index in [2.05, 4.69) is 105 Å². The molecule has 4 rings (SSSR count). The molecule has 2 nitrogen and oxygen atoms in total. The van der Waals surface area contributed by atoms with Gasteiger partial charge in [-0.1, -0.05) is 65.7 Å². The summed E-state index contributed by atoms with van der Waals surface area (Å²) < 4.78 is 2.06. The molecular formula is C25H24N2. The zero-order chi connectivity index (χ0) is 19.0. The Labute approximate surface area is 161 Å². The van der Waals surface area contributed by atoms with Crippen LogP contribution in [0.15, 0.2) is 72.8 Å². The minimum atomic E-state index is 0.990. The molecule has 0 amide bonds. The number of rotatable bonds is 3. The lowest BCUT2D eigenvalue weighted by Crippen LogP contribution is -2.00. The van der Waals surface area contributed by atoms with E-state index < -0.39 is 0 Å². The Balaban J connectivity index is 1.90. The summed E-state index contributed by atoms with van der Waals surface area (Å²) in [6, 6.07) is 25.9. The molecule has 0 radical (unpaired) electrons. The molecule has 4 aromatic rings. The monoisotopic (exact) mass is 352 g/mol. The number of hydrogen-bond acceptors (Lipinski definition) is 1. The lowest BCUT2D eigenvalue weighted by molar-refractivity contribution is 0.889. The van der Waals surface area contributed by atoms with Crippen LogP contribution < -0.4 is 0 Å². The van der Waals surface area contributed by atoms with Gasteiger partial charge in [-0.2, -0.15) is 5.10 Å². The number of benzene rings is 3. The van der Waals surface area contributed by atoms with Crippen LogP contribution in [0.3, 0.4) is 0 Å². The van der Waals surface area contributed by atoms with Gasteiger partial charge in [0.25, 0.3) is 0 Å². The van der Waals surface area contributed by atoms with Gasteiger partial charge in [-0.3, -0.25) is 0 Å². The maximum Gasteiger partial charge on any atom is 0.0934 e. The van der Waals surface area contributed by atoms with E-state index in [4.69, 9.17) is 5.10 Å². The van der Waals surface area contributed by atoms with Crippen molar-refractivity contribution in [3.63, 3.8) is 0 Å². The molecule has 2 heteroatoms. The van der Waals surface area contributed by atoms with E-state index in [1.807, 2.05) is 0 Å². The van der Waals surface area contributed by atoms with Crippen LogP contribution in [0.4, 0.5) is 0 Å². The molecule has 0 saturated carbocycles. The Morgan fingerprint density at radius 2 is 1.19 bits per heavy atom. The molecule has 0 fully saturated rings. The molecule has 1 aromatic heterocycles. The first-order valence-electron chi connectivity index (χ1n) is 9.33. The van der Waals surface area contributed by atoms with E-state index in [0.29, 0.717) is 0 Å². The second-order valence-electron chi connectivity index (χ2n) is 7.33. The zero-order valence-corrected chi connectivity index (χ0v) is 16.3. The maximum absolute atomic E-state index is 4.97. The summed E-state index contributed by atoms with van der Waals surface area (Å²) in [5.41, 5.74) is 10.6. The Bertz CT molecular complexity index is 1080. The standard InChI is InChI=1S/C25H24N2/c1-17-5-10-21(11-6-17)24-16-25(22-12-7-18(2)8-13-22)27(26-24)23-14-9-19(3)20(4)15-23/h5-16H,1-4H3. The minimum absolute atomic E-state index is 0.990. The van der Waals surface area contributed by atoms with Gasteiger partial charge < -0.3 is 0 Å². The Morgan fingerprint density at radius 1 is 0.593 bits per heavy atom. The van der Waals surface area contributed by atoms with Crippen LogP contribution >= 0.6 is 0 Å². The highest BCUT2D eigenvalue weighted by molar-refractivity contribution is 5.71. The summed E-state index contributed by atoms with van der Waals surface area (Å²) in [6.45, 7) is 8.51. The minimum Gasteiger partial charge on any atom is -0.232 e. The highest BCUT2D eigenvalue weighted by Crippen LogP contribution is 2.29. The fraction of sp³-hybridized carbons (Fsp3) is 0.160. The van der Waals surface area contributed by atoms with Crippen LogP contribution in [0.5, 0.6) is 0 Å². The SMILES string of the molecule is Cc1ccc(-c2cc(-c3ccc(C)cc3)n(-c3ccc(C)c(C)c3)n2)cc1. The first kappa shape index (κ1) is 17.3. The topological polar surface area (TPSA) is 17.8 Å². The molecule has 0 bridgehead atoms. The molecule has 0 N–H and O–H groups in total. The van der Waals surface area contributed by atoms with Gasteiger partial charge in [0.05, 0.1) is 17.1 Å². The van der Waals surface area contributed by atoms with Gasteiger partial charge >= 0.3 is 0 Å². The molecule has 0 aliphatic rings. The van der Waals surface area contributed by atoms with Crippen molar-refractivity contribution in [2.45, 2.75) is 27.7 Å². The van der Waals surface area contributed by atoms with Gasteiger partial charge in [0.2, 0.25) is 0 Å². The zero-order valence-electron chi connectivity index (χ0n) is 16.3. The Kier molecular flexibility index (Phi) is 4.41. The van der Waals surface area contributed by atoms with E-state index in [0.717, 1.165) is 22.6 Å². The van der Waals surface area contributed by atoms with Crippen molar-refractivity contribution in [3.05, 3.63) is 95.1 Å². The van der Waals surface area contributed by atoms with Gasteiger partial charge in [-0.25, -0.2) is 4.68 Å². The van der Waals surface area contributed by atoms with Gasteiger partial charge in [-0.05, 0) is 57.0 Å². The summed E-state index contributed by atoms with van der Waals surface area (Å²) in [7, 11) is 0. The normalized spacial score (nSPS) is 11.0. The molecule has 3 aromatic carbocycles. The van der Waals surface area contributed by atoms with Crippen molar-refractivity contribution in [2.75, 3.05) is 0 Å². The summed E-state index contributed by atoms with van der Waals surface area (Å²) in [5.74, 6) is 0. The highest BCUT2D eigenvalue weighted by Gasteiger charge is 2.13. The maximum atomic E-state index is 4.97. The van der Waals surface area contributed by atoms with Crippen molar-refractivity contribution in [1.82, 2.24) is 9.78 Å². The number of aryl methyl sites for hydroxylation is 4. The molecule has 0 aliphatic heterocycles. The molecule has 0 unspecified atom stereocenters. The lowest BCUT2D eigenvalue weighted by Gasteiger charge is -2.10. The third-order valence-electron chi connectivity index (χ3n) is 5.14. The van der Waals surface area contributed by atoms with Crippen molar-refractivity contribution in [1.29, 1.82) is 0 Å². The first-order chi connectivity index (χ1) is 13.0. The van der Waals surface area contributed by atoms with E-state index in [9.17, 15) is 0 Å². The number of hydrogen-bond donors (Lipinski definition) is 0. The predicted molar refractivity (Wildman–Crippen MR) is 113 cm³/mol. The number of nitrogens with zero attached hydrogens (tertiary/aromatic N) is 2. The molecule has 0 saturated heterocycles. The summed E-state index contributed by atoms with van der Waals surface area (Å²) >= 11 is 0. The van der Waals surface area contributed by atoms with Gasteiger partial charge in [-0.15, -0.1) is 0 Å². The van der Waals surface area contributed by atoms with Gasteiger partial charge in [0.1, 0.15) is 0 Å². The smallest absolute Gasteiger partial charge is 0.0934 e. The van der Waals surface area contributed by atoms with E-state index in [1.165, 1.54) is 27.8 Å². The fourth-order valence-electron chi connectivity index (χ4n) is 3.23. The largest absolute Gasteiger partial charge is 0.232 e. The van der Waals surface area contributed by atoms with Gasteiger partial charge in [0.15, 0.2) is 0 Å². The van der Waals surface area contributed by atoms with Crippen LogP contribution in [-0.2, 0) is 0 Å². The molecular weight excluding hydrogens is 328 g/mol. The predicted octanol–water partition coefficient (Wildman–Crippen LogP) is 6.44. The average Bonchev–Trinajstić information content (AvgIpc) is 3.10. The summed E-state index contributed by atoms with van der Waals surface area (Å²) in [4.78, 5) is 0. The Hall–Kier alpha value is -3.13. The Morgan fingerprint density at radius 3 is 1.78 bits per heavy atom. The molecule has 0 spiro atoms. The quantitative estimate of drug-likeness (QED) is 0.415. The number of aromatic nitrogens is 2. The third-order valence-corrected chi connectivity index (χ3v) is 5.14. The van der Waals surface area contributed by atoms with Crippen molar-refractivity contribution in [3.8, 4) is 28.2 Å². The molecule has 134 valence electrons. The summed E-state index contributed by atoms with van der Waals surface area (Å²) in [6.07, 6.45) is 0. The van der Waals surface area contributed by atoms with Crippen LogP contribution in [-0.4, -0.2) is 9.78 Å². The van der Waals surface area contributed by atoms with Crippen molar-refractivity contribution in [2.24, 2.45) is 0 Å². The van der Waals surface area contributed by atoms with Crippen molar-refractivity contribution >= 4 is 0 Å². The highest BCUT2D eigenvalue weighted by atomic mass is 15.3. The third kappa shape index (κ3) is 3.43. The second kappa shape index (κ2) is 6.88. The lowest BCUT2D eigenvalue weighted by atomic mass is 10.1. The van der Waals surface area contributed by atoms with Crippen molar-refractivity contribution < 1.29 is 0 Å². The van der Waals surface area contributed by atoms with Gasteiger partial charge in [0, 0.05) is 11.1 Å². The average molecular weight is 352 g/mol. The molecule has 27 heavy (non-hydrogen) atoms. The second-order valence-corrected chi connectivity index (χ2v) is 7.33. The summed E-state index contributed by atoms with van der Waals surface area (Å²) in [5, 5.41) is 4.97. The van der Waals surface area contributed by atoms with Crippen LogP contribution in [0.25, 0.3) is 28.2 Å². The van der Waals surface area contributed by atoms with Crippen LogP contribution in [0.1, 0.15) is 22.3 Å². The molecule has 0 atom stereocenters. The fourth-order valence-corrected chi connectivity index (χ4v) is 3.23. The van der Waals surface area contributed by atoms with Crippen LogP contribution in [0.2, 0.25) is 0 Å². The van der Waals surface area contributed by atoms with E-state index >= 15 is 0 Å². The first-order valence-corrected chi connectivity index (χ1v) is 9.33. The van der Waals surface area contributed by atoms with E-state index in [-0.39, 0.29) is 0 Å².